The Morgan fingerprint density at radius 3 is 1.28 bits per heavy atom. The van der Waals surface area contributed by atoms with Gasteiger partial charge in [0.2, 0.25) is 0 Å². The molecular weight excluding hydrogens is 786 g/mol. The molecule has 2 unspecified atom stereocenters. The van der Waals surface area contributed by atoms with E-state index in [9.17, 15) is 19.0 Å². The van der Waals surface area contributed by atoms with Crippen LogP contribution in [0.1, 0.15) is 142 Å². The summed E-state index contributed by atoms with van der Waals surface area (Å²) in [6.45, 7) is 3.98. The first-order valence-electron chi connectivity index (χ1n) is 22.8. The predicted octanol–water partition coefficient (Wildman–Crippen LogP) is 13.5. The largest absolute Gasteiger partial charge is 0.472 e. The molecule has 0 spiro atoms. The molecule has 0 amide bonds. The van der Waals surface area contributed by atoms with Gasteiger partial charge in [-0.1, -0.05) is 148 Å². The molecule has 61 heavy (non-hydrogen) atoms. The van der Waals surface area contributed by atoms with E-state index in [-0.39, 0.29) is 26.1 Å². The number of carbonyl (C=O) groups is 2. The fraction of sp³-hybridized carbons (Fsp3) is 0.569. The minimum Gasteiger partial charge on any atom is -0.462 e. The lowest BCUT2D eigenvalue weighted by Crippen LogP contribution is -2.29. The lowest BCUT2D eigenvalue weighted by molar-refractivity contribution is -0.161. The van der Waals surface area contributed by atoms with Gasteiger partial charge in [-0.15, -0.1) is 0 Å². The van der Waals surface area contributed by atoms with E-state index < -0.39 is 32.5 Å². The van der Waals surface area contributed by atoms with Crippen LogP contribution in [0.15, 0.2) is 122 Å². The van der Waals surface area contributed by atoms with Gasteiger partial charge < -0.3 is 19.3 Å². The average Bonchev–Trinajstić information content (AvgIpc) is 3.23. The van der Waals surface area contributed by atoms with Crippen molar-refractivity contribution < 1.29 is 37.6 Å². The number of carbonyl (C=O) groups excluding carboxylic acids is 2. The van der Waals surface area contributed by atoms with Crippen molar-refractivity contribution in [3.63, 3.8) is 0 Å². The SMILES string of the molecule is CC/C=C\C/C=C\C/C=C\C/C=C\C/C=C\CCCCCC(=O)OCC(COP(=O)(O)OCCN(C)C)OC(=O)CCCCC/C=C\C/C=C\C/C=C\C/C=C\C/C=C\CC. The summed E-state index contributed by atoms with van der Waals surface area (Å²) in [5, 5.41) is 0. The van der Waals surface area contributed by atoms with Gasteiger partial charge in [0.25, 0.3) is 0 Å². The number of ether oxygens (including phenoxy) is 2. The summed E-state index contributed by atoms with van der Waals surface area (Å²) in [7, 11) is -0.766. The molecule has 0 aromatic heterocycles. The standard InChI is InChI=1S/C51H82NO8P/c1-5-7-9-11-13-15-17-19-21-23-25-27-29-31-33-35-37-39-41-43-50(53)57-47-49(48-59-61(55,56)58-46-45-52(3)4)60-51(54)44-42-40-38-36-34-32-30-28-26-24-22-20-18-16-14-12-10-8-6-2/h7-10,13-16,19-22,25-28,31-34,49H,5-6,11-12,17-18,23-24,29-30,35-48H2,1-4H3,(H,55,56)/b9-7-,10-8-,15-13-,16-14-,21-19-,22-20-,27-25-,28-26-,33-31-,34-32-. The van der Waals surface area contributed by atoms with Gasteiger partial charge in [0.05, 0.1) is 13.2 Å². The number of likely N-dealkylation sites (N-methyl/N-ethyl adjacent to an activating group) is 1. The maximum atomic E-state index is 12.7. The summed E-state index contributed by atoms with van der Waals surface area (Å²) < 4.78 is 33.5. The molecule has 2 atom stereocenters. The Morgan fingerprint density at radius 2 is 0.885 bits per heavy atom. The average molecular weight is 868 g/mol. The summed E-state index contributed by atoms with van der Waals surface area (Å²) in [5.41, 5.74) is 0. The third-order valence-corrected chi connectivity index (χ3v) is 9.75. The second-order valence-electron chi connectivity index (χ2n) is 14.8. The van der Waals surface area contributed by atoms with Crippen molar-refractivity contribution in [2.45, 2.75) is 148 Å². The first-order chi connectivity index (χ1) is 29.7. The number of hydrogen-bond acceptors (Lipinski definition) is 8. The van der Waals surface area contributed by atoms with Gasteiger partial charge in [-0.3, -0.25) is 18.6 Å². The molecule has 0 aromatic carbocycles. The van der Waals surface area contributed by atoms with Crippen LogP contribution in [0, 0.1) is 0 Å². The van der Waals surface area contributed by atoms with Gasteiger partial charge in [-0.2, -0.15) is 0 Å². The summed E-state index contributed by atoms with van der Waals surface area (Å²) >= 11 is 0. The van der Waals surface area contributed by atoms with Crippen LogP contribution in [0.4, 0.5) is 0 Å². The molecule has 0 bridgehead atoms. The molecule has 0 saturated heterocycles. The van der Waals surface area contributed by atoms with Gasteiger partial charge in [0.1, 0.15) is 6.61 Å². The number of nitrogens with zero attached hydrogens (tertiary/aromatic N) is 1. The maximum absolute atomic E-state index is 12.7. The number of allylic oxidation sites excluding steroid dienone is 20. The van der Waals surface area contributed by atoms with Crippen molar-refractivity contribution >= 4 is 19.8 Å². The topological polar surface area (TPSA) is 112 Å². The Labute approximate surface area is 371 Å². The van der Waals surface area contributed by atoms with Gasteiger partial charge in [0.15, 0.2) is 6.10 Å². The van der Waals surface area contributed by atoms with Gasteiger partial charge in [-0.05, 0) is 117 Å². The van der Waals surface area contributed by atoms with Crippen LogP contribution in [0.3, 0.4) is 0 Å². The minimum atomic E-state index is -4.39. The molecule has 10 heteroatoms. The normalized spacial score (nSPS) is 14.5. The van der Waals surface area contributed by atoms with Crippen LogP contribution in [0.25, 0.3) is 0 Å². The van der Waals surface area contributed by atoms with E-state index in [4.69, 9.17) is 18.5 Å². The zero-order valence-corrected chi connectivity index (χ0v) is 39.2. The Kier molecular flexibility index (Phi) is 41.8. The van der Waals surface area contributed by atoms with Gasteiger partial charge in [0, 0.05) is 19.4 Å². The zero-order valence-electron chi connectivity index (χ0n) is 38.3. The summed E-state index contributed by atoms with van der Waals surface area (Å²) in [6.07, 6.45) is 59.6. The monoisotopic (exact) mass is 868 g/mol. The molecule has 0 radical (unpaired) electrons. The zero-order chi connectivity index (χ0) is 44.8. The van der Waals surface area contributed by atoms with E-state index in [2.05, 4.69) is 135 Å². The Bertz CT molecular complexity index is 1420. The first-order valence-corrected chi connectivity index (χ1v) is 24.3. The smallest absolute Gasteiger partial charge is 0.462 e. The molecule has 9 nitrogen and oxygen atoms in total. The van der Waals surface area contributed by atoms with E-state index in [0.717, 1.165) is 103 Å². The first kappa shape index (κ1) is 57.4. The Hall–Kier alpha value is -3.59. The summed E-state index contributed by atoms with van der Waals surface area (Å²) in [5.74, 6) is -0.892. The molecule has 0 fully saturated rings. The second-order valence-corrected chi connectivity index (χ2v) is 16.3. The fourth-order valence-electron chi connectivity index (χ4n) is 5.33. The number of phosphoric acid groups is 1. The highest BCUT2D eigenvalue weighted by atomic mass is 31.2. The number of hydrogen-bond donors (Lipinski definition) is 1. The molecule has 0 aliphatic heterocycles. The third kappa shape index (κ3) is 45.8. The molecule has 1 N–H and O–H groups in total. The lowest BCUT2D eigenvalue weighted by Gasteiger charge is -2.20. The van der Waals surface area contributed by atoms with Crippen LogP contribution in [0.2, 0.25) is 0 Å². The van der Waals surface area contributed by atoms with Crippen LogP contribution in [-0.4, -0.2) is 68.3 Å². The highest BCUT2D eigenvalue weighted by molar-refractivity contribution is 7.47. The molecule has 344 valence electrons. The summed E-state index contributed by atoms with van der Waals surface area (Å²) in [4.78, 5) is 37.1. The second kappa shape index (κ2) is 44.5. The van der Waals surface area contributed by atoms with Crippen LogP contribution < -0.4 is 0 Å². The quantitative estimate of drug-likeness (QED) is 0.0278. The molecule has 0 rings (SSSR count). The highest BCUT2D eigenvalue weighted by Crippen LogP contribution is 2.43. The Morgan fingerprint density at radius 1 is 0.508 bits per heavy atom. The van der Waals surface area contributed by atoms with Gasteiger partial charge in [-0.25, -0.2) is 4.57 Å². The van der Waals surface area contributed by atoms with E-state index in [0.29, 0.717) is 19.4 Å². The maximum Gasteiger partial charge on any atom is 0.472 e. The van der Waals surface area contributed by atoms with E-state index in [1.807, 2.05) is 14.1 Å². The molecule has 0 heterocycles. The van der Waals surface area contributed by atoms with Crippen molar-refractivity contribution in [1.82, 2.24) is 4.90 Å². The molecule has 0 aromatic rings. The number of unbranched alkanes of at least 4 members (excludes halogenated alkanes) is 6. The van der Waals surface area contributed by atoms with E-state index >= 15 is 0 Å². The molecule has 0 aliphatic rings. The minimum absolute atomic E-state index is 0.0130. The van der Waals surface area contributed by atoms with Crippen molar-refractivity contribution in [3.8, 4) is 0 Å². The van der Waals surface area contributed by atoms with E-state index in [1.54, 1.807) is 4.90 Å². The number of rotatable bonds is 40. The number of esters is 2. The third-order valence-electron chi connectivity index (χ3n) is 8.76. The molecular formula is C51H82NO8P. The summed E-state index contributed by atoms with van der Waals surface area (Å²) in [6, 6.07) is 0. The number of phosphoric ester groups is 1. The lowest BCUT2D eigenvalue weighted by atomic mass is 10.1. The van der Waals surface area contributed by atoms with Crippen LogP contribution in [0.5, 0.6) is 0 Å². The predicted molar refractivity (Wildman–Crippen MR) is 256 cm³/mol. The Balaban J connectivity index is 4.43. The van der Waals surface area contributed by atoms with Gasteiger partial charge >= 0.3 is 19.8 Å². The van der Waals surface area contributed by atoms with Crippen LogP contribution in [-0.2, 0) is 32.7 Å². The van der Waals surface area contributed by atoms with Crippen molar-refractivity contribution in [3.05, 3.63) is 122 Å². The van der Waals surface area contributed by atoms with Crippen molar-refractivity contribution in [2.75, 3.05) is 40.5 Å². The molecule has 0 saturated carbocycles. The van der Waals surface area contributed by atoms with Crippen LogP contribution >= 0.6 is 7.82 Å². The van der Waals surface area contributed by atoms with E-state index in [1.165, 1.54) is 0 Å². The molecule has 0 aliphatic carbocycles. The van der Waals surface area contributed by atoms with Crippen molar-refractivity contribution in [1.29, 1.82) is 0 Å². The fourth-order valence-corrected chi connectivity index (χ4v) is 6.07. The highest BCUT2D eigenvalue weighted by Gasteiger charge is 2.26. The van der Waals surface area contributed by atoms with Crippen molar-refractivity contribution in [2.24, 2.45) is 0 Å².